The van der Waals surface area contributed by atoms with E-state index in [9.17, 15) is 32.0 Å². The quantitative estimate of drug-likeness (QED) is 0.265. The number of nitrogens with two attached hydrogens (primary N) is 1. The van der Waals surface area contributed by atoms with E-state index < -0.39 is 62.1 Å². The molecule has 16 heteroatoms. The van der Waals surface area contributed by atoms with Crippen LogP contribution in [0.2, 0.25) is 0 Å². The second kappa shape index (κ2) is 12.0. The topological polar surface area (TPSA) is 167 Å². The van der Waals surface area contributed by atoms with E-state index in [-0.39, 0.29) is 16.3 Å². The van der Waals surface area contributed by atoms with E-state index in [1.807, 2.05) is 0 Å². The van der Waals surface area contributed by atoms with Crippen LogP contribution >= 0.6 is 23.1 Å². The second-order valence-corrected chi connectivity index (χ2v) is 14.1. The summed E-state index contributed by atoms with van der Waals surface area (Å²) in [5.41, 5.74) is 1.08. The van der Waals surface area contributed by atoms with Gasteiger partial charge in [-0.3, -0.25) is 23.7 Å². The Kier molecular flexibility index (Phi) is 8.22. The Morgan fingerprint density at radius 2 is 1.63 bits per heavy atom. The van der Waals surface area contributed by atoms with Crippen molar-refractivity contribution in [1.29, 1.82) is 0 Å². The Hall–Kier alpha value is -4.51. The first-order valence-electron chi connectivity index (χ1n) is 13.6. The summed E-state index contributed by atoms with van der Waals surface area (Å²) >= 11 is 1.90. The van der Waals surface area contributed by atoms with Gasteiger partial charge in [0.15, 0.2) is 11.5 Å². The van der Waals surface area contributed by atoms with Gasteiger partial charge < -0.3 is 14.8 Å². The second-order valence-electron chi connectivity index (χ2n) is 10.4. The van der Waals surface area contributed by atoms with Crippen molar-refractivity contribution in [2.45, 2.75) is 27.6 Å². The molecule has 3 N–H and O–H groups in total. The van der Waals surface area contributed by atoms with Crippen molar-refractivity contribution in [2.24, 2.45) is 11.1 Å². The molecule has 0 radical (unpaired) electrons. The summed E-state index contributed by atoms with van der Waals surface area (Å²) in [5, 5.41) is 7.16. The Morgan fingerprint density at radius 1 is 0.957 bits per heavy atom. The lowest BCUT2D eigenvalue weighted by atomic mass is 9.83. The largest absolute Gasteiger partial charge is 0.493 e. The van der Waals surface area contributed by atoms with Gasteiger partial charge in [0.1, 0.15) is 17.6 Å². The number of imide groups is 1. The molecule has 6 rings (SSSR count). The number of thiazole rings is 1. The number of hydrogen-bond donors (Lipinski definition) is 2. The number of sulfonamides is 1. The van der Waals surface area contributed by atoms with Crippen LogP contribution in [0.1, 0.15) is 16.4 Å². The summed E-state index contributed by atoms with van der Waals surface area (Å²) in [6, 6.07) is 15.3. The van der Waals surface area contributed by atoms with Gasteiger partial charge in [-0.05, 0) is 66.2 Å². The summed E-state index contributed by atoms with van der Waals surface area (Å²) in [4.78, 5) is 55.3. The first kappa shape index (κ1) is 31.5. The van der Waals surface area contributed by atoms with Crippen molar-refractivity contribution < 1.29 is 36.7 Å². The molecule has 0 bridgehead atoms. The first-order valence-corrected chi connectivity index (χ1v) is 16.8. The van der Waals surface area contributed by atoms with Gasteiger partial charge in [0, 0.05) is 16.5 Å². The van der Waals surface area contributed by atoms with Gasteiger partial charge in [-0.25, -0.2) is 22.8 Å². The Labute approximate surface area is 270 Å². The van der Waals surface area contributed by atoms with E-state index in [0.717, 1.165) is 40.1 Å². The van der Waals surface area contributed by atoms with E-state index in [4.69, 9.17) is 14.6 Å². The number of thioether (sulfide) groups is 1. The fraction of sp³-hybridized carbons (Fsp3) is 0.200. The summed E-state index contributed by atoms with van der Waals surface area (Å²) < 4.78 is 48.9. The van der Waals surface area contributed by atoms with Crippen LogP contribution in [0.4, 0.5) is 15.8 Å². The molecule has 1 saturated heterocycles. The molecule has 3 atom stereocenters. The number of carbonyl (C=O) groups is 3. The SMILES string of the molecule is COc1ccc([C@H]2c3sc(=O)n(CC(=O)Nc4ccc(S(N)(=O)=O)cc4)c3SC3C(=O)N(c4ccc(F)cc4)C(=O)C32)cc1OC. The molecule has 0 saturated carbocycles. The number of anilines is 2. The number of aromatic nitrogens is 1. The van der Waals surface area contributed by atoms with Crippen LogP contribution in [0, 0.1) is 11.7 Å². The maximum absolute atomic E-state index is 14.0. The smallest absolute Gasteiger partial charge is 0.308 e. The molecule has 238 valence electrons. The minimum absolute atomic E-state index is 0.133. The number of fused-ring (bicyclic) bond motifs is 2. The predicted octanol–water partition coefficient (Wildman–Crippen LogP) is 3.15. The summed E-state index contributed by atoms with van der Waals surface area (Å²) in [6.45, 7) is -0.422. The van der Waals surface area contributed by atoms with Crippen molar-refractivity contribution in [3.8, 4) is 11.5 Å². The number of halogens is 1. The highest BCUT2D eigenvalue weighted by Gasteiger charge is 2.57. The van der Waals surface area contributed by atoms with Crippen molar-refractivity contribution in [3.63, 3.8) is 0 Å². The monoisotopic (exact) mass is 684 g/mol. The zero-order valence-electron chi connectivity index (χ0n) is 24.1. The number of carbonyl (C=O) groups excluding carboxylic acids is 3. The van der Waals surface area contributed by atoms with Gasteiger partial charge in [-0.1, -0.05) is 29.2 Å². The fourth-order valence-corrected chi connectivity index (χ4v) is 8.87. The predicted molar refractivity (Wildman–Crippen MR) is 168 cm³/mol. The third-order valence-corrected chi connectivity index (χ3v) is 11.2. The van der Waals surface area contributed by atoms with E-state index in [1.165, 1.54) is 55.2 Å². The molecule has 46 heavy (non-hydrogen) atoms. The fourth-order valence-electron chi connectivity index (χ4n) is 5.58. The van der Waals surface area contributed by atoms with Crippen LogP contribution in [0.25, 0.3) is 0 Å². The standard InChI is InChI=1S/C30H25FN4O8S3/c1-42-20-12-3-15(13-21(20)43-2)23-24-25(28(38)35(27(24)37)18-8-4-16(31)5-9-18)44-29-26(23)45-30(39)34(29)14-22(36)33-17-6-10-19(11-7-17)46(32,40)41/h3-13,23-25H,14H2,1-2H3,(H,33,36)(H2,32,40,41)/t23-,24?,25?/m1/s1. The number of nitrogens with zero attached hydrogens (tertiary/aromatic N) is 2. The van der Waals surface area contributed by atoms with Crippen molar-refractivity contribution in [2.75, 3.05) is 24.4 Å². The van der Waals surface area contributed by atoms with Crippen LogP contribution in [0.15, 0.2) is 81.4 Å². The van der Waals surface area contributed by atoms with E-state index in [1.54, 1.807) is 18.2 Å². The first-order chi connectivity index (χ1) is 21.9. The summed E-state index contributed by atoms with van der Waals surface area (Å²) in [6.07, 6.45) is 0. The van der Waals surface area contributed by atoms with Gasteiger partial charge >= 0.3 is 4.87 Å². The van der Waals surface area contributed by atoms with E-state index in [2.05, 4.69) is 5.32 Å². The lowest BCUT2D eigenvalue weighted by Crippen LogP contribution is -2.33. The van der Waals surface area contributed by atoms with Crippen molar-refractivity contribution in [1.82, 2.24) is 4.57 Å². The van der Waals surface area contributed by atoms with E-state index >= 15 is 0 Å². The zero-order chi connectivity index (χ0) is 32.9. The maximum atomic E-state index is 14.0. The van der Waals surface area contributed by atoms with Gasteiger partial charge in [-0.15, -0.1) is 0 Å². The Morgan fingerprint density at radius 3 is 2.26 bits per heavy atom. The number of primary sulfonamides is 1. The molecular weight excluding hydrogens is 660 g/mol. The highest BCUT2D eigenvalue weighted by molar-refractivity contribution is 8.00. The average Bonchev–Trinajstić information content (AvgIpc) is 3.47. The minimum atomic E-state index is -3.93. The van der Waals surface area contributed by atoms with Crippen LogP contribution in [0.3, 0.4) is 0 Å². The van der Waals surface area contributed by atoms with E-state index in [0.29, 0.717) is 27.0 Å². The Bertz CT molecular complexity index is 2050. The number of nitrogens with one attached hydrogen (secondary N) is 1. The number of benzene rings is 3. The molecule has 3 heterocycles. The number of ether oxygens (including phenoxy) is 2. The highest BCUT2D eigenvalue weighted by Crippen LogP contribution is 2.54. The molecule has 12 nitrogen and oxygen atoms in total. The zero-order valence-corrected chi connectivity index (χ0v) is 26.6. The average molecular weight is 685 g/mol. The van der Waals surface area contributed by atoms with Crippen LogP contribution < -0.4 is 29.7 Å². The van der Waals surface area contributed by atoms with Gasteiger partial charge in [0.25, 0.3) is 0 Å². The van der Waals surface area contributed by atoms with Crippen molar-refractivity contribution in [3.05, 3.63) is 92.7 Å². The third kappa shape index (κ3) is 5.57. The number of rotatable bonds is 8. The maximum Gasteiger partial charge on any atom is 0.308 e. The van der Waals surface area contributed by atoms with Gasteiger partial charge in [-0.2, -0.15) is 0 Å². The van der Waals surface area contributed by atoms with Crippen LogP contribution in [0.5, 0.6) is 11.5 Å². The molecule has 1 aromatic heterocycles. The molecule has 3 amide bonds. The third-order valence-electron chi connectivity index (χ3n) is 7.67. The molecule has 3 aromatic carbocycles. The normalized spacial score (nSPS) is 19.0. The molecular formula is C30H25FN4O8S3. The highest BCUT2D eigenvalue weighted by atomic mass is 32.2. The number of hydrogen-bond acceptors (Lipinski definition) is 10. The minimum Gasteiger partial charge on any atom is -0.493 e. The van der Waals surface area contributed by atoms with Crippen molar-refractivity contribution >= 4 is 62.2 Å². The van der Waals surface area contributed by atoms with Gasteiger partial charge in [0.05, 0.1) is 35.7 Å². The molecule has 4 aromatic rings. The molecule has 0 aliphatic carbocycles. The number of methoxy groups -OCH3 is 2. The number of amides is 3. The molecule has 2 unspecified atom stereocenters. The molecule has 2 aliphatic heterocycles. The molecule has 0 spiro atoms. The summed E-state index contributed by atoms with van der Waals surface area (Å²) in [5.74, 6) is -3.03. The van der Waals surface area contributed by atoms with Crippen LogP contribution in [-0.4, -0.2) is 50.2 Å². The lowest BCUT2D eigenvalue weighted by molar-refractivity contribution is -0.122. The summed E-state index contributed by atoms with van der Waals surface area (Å²) in [7, 11) is -0.985. The molecule has 1 fully saturated rings. The molecule has 2 aliphatic rings. The van der Waals surface area contributed by atoms with Gasteiger partial charge in [0.2, 0.25) is 27.7 Å². The van der Waals surface area contributed by atoms with Crippen LogP contribution in [-0.2, 0) is 31.0 Å². The lowest BCUT2D eigenvalue weighted by Gasteiger charge is -2.31. The Balaban J connectivity index is 1.40.